The molecule has 1 N–H and O–H groups in total. The Morgan fingerprint density at radius 2 is 1.81 bits per heavy atom. The van der Waals surface area contributed by atoms with Gasteiger partial charge in [0.1, 0.15) is 5.76 Å². The van der Waals surface area contributed by atoms with Gasteiger partial charge in [-0.05, 0) is 18.9 Å². The Labute approximate surface area is 179 Å². The summed E-state index contributed by atoms with van der Waals surface area (Å²) in [4.78, 5) is 43.1. The third-order valence-electron chi connectivity index (χ3n) is 6.40. The summed E-state index contributed by atoms with van der Waals surface area (Å²) in [5.74, 6) is -2.46. The molecule has 158 valence electrons. The van der Waals surface area contributed by atoms with Gasteiger partial charge >= 0.3 is 0 Å². The lowest BCUT2D eigenvalue weighted by Crippen LogP contribution is -2.53. The highest BCUT2D eigenvalue weighted by atomic mass is 16.5. The molecule has 2 aromatic rings. The minimum atomic E-state index is -1.72. The summed E-state index contributed by atoms with van der Waals surface area (Å²) < 4.78 is 5.72. The number of benzene rings is 2. The van der Waals surface area contributed by atoms with Crippen molar-refractivity contribution >= 4 is 29.0 Å². The van der Waals surface area contributed by atoms with Crippen LogP contribution in [0.15, 0.2) is 60.2 Å². The summed E-state index contributed by atoms with van der Waals surface area (Å²) in [5.41, 5.74) is -0.422. The highest BCUT2D eigenvalue weighted by Gasteiger charge is 2.66. The number of ketones is 1. The Morgan fingerprint density at radius 3 is 2.52 bits per heavy atom. The average Bonchev–Trinajstić information content (AvgIpc) is 3.45. The molecule has 0 aromatic heterocycles. The molecule has 2 amide bonds. The zero-order chi connectivity index (χ0) is 21.8. The Bertz CT molecular complexity index is 1120. The van der Waals surface area contributed by atoms with Crippen molar-refractivity contribution in [3.8, 4) is 0 Å². The van der Waals surface area contributed by atoms with Gasteiger partial charge in [0.2, 0.25) is 0 Å². The predicted octanol–water partition coefficient (Wildman–Crippen LogP) is 2.42. The van der Waals surface area contributed by atoms with Crippen molar-refractivity contribution in [1.82, 2.24) is 4.90 Å². The fourth-order valence-corrected chi connectivity index (χ4v) is 4.95. The lowest BCUT2D eigenvalue weighted by Gasteiger charge is -2.35. The van der Waals surface area contributed by atoms with Crippen molar-refractivity contribution in [2.45, 2.75) is 24.5 Å². The predicted molar refractivity (Wildman–Crippen MR) is 113 cm³/mol. The number of ether oxygens (including phenoxy) is 1. The first kappa shape index (κ1) is 19.5. The molecule has 3 heterocycles. The van der Waals surface area contributed by atoms with Crippen LogP contribution >= 0.6 is 0 Å². The molecule has 0 radical (unpaired) electrons. The molecule has 0 aliphatic carbocycles. The number of hydrogen-bond acceptors (Lipinski definition) is 5. The molecular weight excluding hydrogens is 396 g/mol. The molecule has 1 spiro atoms. The molecule has 7 heteroatoms. The monoisotopic (exact) mass is 418 g/mol. The SMILES string of the molecule is CN1C(=O)[C@@]2(C(=C(O)c3ccccc3)C(=O)C(=O)N2C[C@H]2CCCO2)c2ccccc21. The van der Waals surface area contributed by atoms with Crippen molar-refractivity contribution in [3.05, 3.63) is 71.3 Å². The van der Waals surface area contributed by atoms with E-state index in [0.29, 0.717) is 23.4 Å². The van der Waals surface area contributed by atoms with Crippen LogP contribution in [-0.2, 0) is 24.7 Å². The zero-order valence-electron chi connectivity index (χ0n) is 17.1. The van der Waals surface area contributed by atoms with E-state index in [1.165, 1.54) is 9.80 Å². The number of anilines is 1. The van der Waals surface area contributed by atoms with Crippen LogP contribution < -0.4 is 4.90 Å². The summed E-state index contributed by atoms with van der Waals surface area (Å²) in [5, 5.41) is 11.2. The number of Topliss-reactive ketones (excluding diaryl/α,β-unsaturated/α-hetero) is 1. The van der Waals surface area contributed by atoms with E-state index in [2.05, 4.69) is 0 Å². The van der Waals surface area contributed by atoms with Gasteiger partial charge in [0.15, 0.2) is 5.54 Å². The van der Waals surface area contributed by atoms with Crippen LogP contribution in [0.1, 0.15) is 24.0 Å². The second-order valence-electron chi connectivity index (χ2n) is 8.06. The normalized spacial score (nSPS) is 26.9. The number of nitrogens with zero attached hydrogens (tertiary/aromatic N) is 2. The van der Waals surface area contributed by atoms with Gasteiger partial charge in [-0.1, -0.05) is 48.5 Å². The van der Waals surface area contributed by atoms with Crippen LogP contribution in [0.2, 0.25) is 0 Å². The fraction of sp³-hybridized carbons (Fsp3) is 0.292. The van der Waals surface area contributed by atoms with Crippen molar-refractivity contribution < 1.29 is 24.2 Å². The van der Waals surface area contributed by atoms with E-state index in [-0.39, 0.29) is 24.0 Å². The molecule has 2 aromatic carbocycles. The molecule has 0 saturated carbocycles. The number of fused-ring (bicyclic) bond motifs is 2. The second kappa shape index (κ2) is 7.06. The first-order valence-corrected chi connectivity index (χ1v) is 10.3. The third kappa shape index (κ3) is 2.59. The number of para-hydroxylation sites is 1. The molecule has 2 saturated heterocycles. The average molecular weight is 418 g/mol. The van der Waals surface area contributed by atoms with E-state index in [1.807, 2.05) is 0 Å². The van der Waals surface area contributed by atoms with Gasteiger partial charge in [0.05, 0.1) is 11.7 Å². The Kier molecular flexibility index (Phi) is 4.44. The summed E-state index contributed by atoms with van der Waals surface area (Å²) >= 11 is 0. The zero-order valence-corrected chi connectivity index (χ0v) is 17.1. The standard InChI is InChI=1S/C24H22N2O5/c1-25-18-12-6-5-11-17(18)24(23(25)30)19(20(27)15-8-3-2-4-9-15)21(28)22(29)26(24)14-16-10-7-13-31-16/h2-6,8-9,11-12,16,27H,7,10,13-14H2,1H3/t16-,24+/m1/s1. The molecule has 0 unspecified atom stereocenters. The Morgan fingerprint density at radius 1 is 1.10 bits per heavy atom. The van der Waals surface area contributed by atoms with Crippen LogP contribution in [0, 0.1) is 0 Å². The van der Waals surface area contributed by atoms with E-state index < -0.39 is 23.1 Å². The maximum Gasteiger partial charge on any atom is 0.296 e. The van der Waals surface area contributed by atoms with Gasteiger partial charge in [0.25, 0.3) is 17.6 Å². The van der Waals surface area contributed by atoms with Gasteiger partial charge < -0.3 is 19.6 Å². The van der Waals surface area contributed by atoms with Crippen molar-refractivity contribution in [3.63, 3.8) is 0 Å². The Hall–Kier alpha value is -3.45. The van der Waals surface area contributed by atoms with Crippen LogP contribution in [0.25, 0.3) is 5.76 Å². The number of likely N-dealkylation sites (tertiary alicyclic amines) is 1. The van der Waals surface area contributed by atoms with E-state index in [0.717, 1.165) is 12.8 Å². The van der Waals surface area contributed by atoms with Crippen molar-refractivity contribution in [2.24, 2.45) is 0 Å². The molecule has 2 fully saturated rings. The van der Waals surface area contributed by atoms with Crippen molar-refractivity contribution in [2.75, 3.05) is 25.1 Å². The topological polar surface area (TPSA) is 87.2 Å². The molecule has 0 bridgehead atoms. The number of amides is 2. The summed E-state index contributed by atoms with van der Waals surface area (Å²) in [6, 6.07) is 15.6. The summed E-state index contributed by atoms with van der Waals surface area (Å²) in [7, 11) is 1.62. The molecular formula is C24H22N2O5. The lowest BCUT2D eigenvalue weighted by molar-refractivity contribution is -0.145. The number of carbonyl (C=O) groups is 3. The van der Waals surface area contributed by atoms with Crippen LogP contribution in [-0.4, -0.2) is 53.9 Å². The van der Waals surface area contributed by atoms with E-state index >= 15 is 0 Å². The Balaban J connectivity index is 1.80. The number of likely N-dealkylation sites (N-methyl/N-ethyl adjacent to an activating group) is 1. The lowest BCUT2D eigenvalue weighted by atomic mass is 9.81. The van der Waals surface area contributed by atoms with Gasteiger partial charge in [0, 0.05) is 37.0 Å². The number of hydrogen-bond donors (Lipinski definition) is 1. The fourth-order valence-electron chi connectivity index (χ4n) is 4.95. The van der Waals surface area contributed by atoms with Crippen LogP contribution in [0.5, 0.6) is 0 Å². The summed E-state index contributed by atoms with van der Waals surface area (Å²) in [6.45, 7) is 0.681. The largest absolute Gasteiger partial charge is 0.507 e. The van der Waals surface area contributed by atoms with Crippen molar-refractivity contribution in [1.29, 1.82) is 0 Å². The maximum atomic E-state index is 13.8. The number of aliphatic hydroxyl groups excluding tert-OH is 1. The third-order valence-corrected chi connectivity index (χ3v) is 6.40. The smallest absolute Gasteiger partial charge is 0.296 e. The maximum absolute atomic E-state index is 13.8. The van der Waals surface area contributed by atoms with Crippen LogP contribution in [0.4, 0.5) is 5.69 Å². The number of rotatable bonds is 3. The van der Waals surface area contributed by atoms with E-state index in [9.17, 15) is 19.5 Å². The van der Waals surface area contributed by atoms with Gasteiger partial charge in [-0.2, -0.15) is 0 Å². The number of aliphatic hydroxyl groups is 1. The molecule has 7 nitrogen and oxygen atoms in total. The number of carbonyl (C=O) groups excluding carboxylic acids is 3. The first-order chi connectivity index (χ1) is 15.0. The molecule has 3 aliphatic rings. The van der Waals surface area contributed by atoms with Gasteiger partial charge in [-0.3, -0.25) is 14.4 Å². The van der Waals surface area contributed by atoms with Gasteiger partial charge in [-0.15, -0.1) is 0 Å². The van der Waals surface area contributed by atoms with E-state index in [4.69, 9.17) is 4.74 Å². The molecule has 31 heavy (non-hydrogen) atoms. The minimum Gasteiger partial charge on any atom is -0.507 e. The minimum absolute atomic E-state index is 0.101. The second-order valence-corrected chi connectivity index (χ2v) is 8.06. The first-order valence-electron chi connectivity index (χ1n) is 10.3. The highest BCUT2D eigenvalue weighted by molar-refractivity contribution is 6.50. The molecule has 5 rings (SSSR count). The summed E-state index contributed by atoms with van der Waals surface area (Å²) in [6.07, 6.45) is 1.33. The van der Waals surface area contributed by atoms with Crippen LogP contribution in [0.3, 0.4) is 0 Å². The van der Waals surface area contributed by atoms with E-state index in [1.54, 1.807) is 61.6 Å². The highest BCUT2D eigenvalue weighted by Crippen LogP contribution is 2.53. The quantitative estimate of drug-likeness (QED) is 0.470. The molecule has 3 aliphatic heterocycles. The molecule has 2 atom stereocenters. The van der Waals surface area contributed by atoms with Gasteiger partial charge in [-0.25, -0.2) is 0 Å².